The van der Waals surface area contributed by atoms with Crippen molar-refractivity contribution < 1.29 is 163 Å². The topological polar surface area (TPSA) is 323 Å². The summed E-state index contributed by atoms with van der Waals surface area (Å²) in [6.07, 6.45) is -38.7. The van der Waals surface area contributed by atoms with E-state index in [1.165, 1.54) is 0 Å². The van der Waals surface area contributed by atoms with Crippen molar-refractivity contribution in [3.63, 3.8) is 0 Å². The fraction of sp³-hybridized carbons (Fsp3) is 1.00. The van der Waals surface area contributed by atoms with Gasteiger partial charge in [0.1, 0.15) is 171 Å². The van der Waals surface area contributed by atoms with Crippen molar-refractivity contribution in [2.24, 2.45) is 0 Å². The molecule has 35 atom stereocenters. The van der Waals surface area contributed by atoms with E-state index in [1.54, 1.807) is 92.4 Å². The molecule has 862 valence electrons. The van der Waals surface area contributed by atoms with Gasteiger partial charge in [-0.3, -0.25) is 0 Å². The van der Waals surface area contributed by atoms with E-state index in [4.69, 9.17) is 163 Å². The maximum Gasteiger partial charge on any atom is 0.192 e. The fourth-order valence-corrected chi connectivity index (χ4v) is 26.0. The van der Waals surface area contributed by atoms with Crippen LogP contribution in [0.15, 0.2) is 0 Å². The third-order valence-electron chi connectivity index (χ3n) is 35.9. The van der Waals surface area contributed by atoms with Crippen molar-refractivity contribution in [2.45, 2.75) is 526 Å². The lowest BCUT2D eigenvalue weighted by atomic mass is 9.94. The molecule has 0 unspecified atom stereocenters. The monoisotopic (exact) mass is 2230 g/mol. The molecule has 21 saturated heterocycles. The first kappa shape index (κ1) is 131. The average Bonchev–Trinajstić information content (AvgIpc) is 0.765. The van der Waals surface area contributed by atoms with E-state index in [9.17, 15) is 0 Å². The number of hydrogen-bond acceptors (Lipinski definition) is 35. The van der Waals surface area contributed by atoms with Gasteiger partial charge in [0, 0.05) is 92.4 Å². The van der Waals surface area contributed by atoms with Gasteiger partial charge in [0.15, 0.2) is 111 Å². The van der Waals surface area contributed by atoms with Crippen LogP contribution in [-0.4, -0.2) is 420 Å². The lowest BCUT2D eigenvalue weighted by molar-refractivity contribution is -0.401. The minimum absolute atomic E-state index is 0.0164. The molecule has 0 spiro atoms. The summed E-state index contributed by atoms with van der Waals surface area (Å²) >= 11 is 0. The summed E-state index contributed by atoms with van der Waals surface area (Å²) < 4.78 is 256. The van der Waals surface area contributed by atoms with E-state index >= 15 is 0 Å². The number of rotatable bonds is 36. The van der Waals surface area contributed by atoms with Crippen molar-refractivity contribution >= 4 is 66.5 Å². The summed E-state index contributed by atoms with van der Waals surface area (Å²) in [6.45, 7) is 87.6. The zero-order valence-electron chi connectivity index (χ0n) is 100. The zero-order chi connectivity index (χ0) is 111. The van der Waals surface area contributed by atoms with Gasteiger partial charge >= 0.3 is 0 Å². The Morgan fingerprint density at radius 3 is 0.349 bits per heavy atom. The quantitative estimate of drug-likeness (QED) is 0.0526. The second-order valence-electron chi connectivity index (χ2n) is 53.5. The standard InChI is InChI=1S/C103H208O35Si8/c1-96(2,3)139(38,39)117-54-61-68-75(104-25)83(111-32)90(125-61)133-70-63(56-119-141(42,43)98(7,8)9)127-92(85(113-34)77(70)106-27)135-72-65(58-121-143(46,47)100(13,14)15)129-94(87(115-36)79(72)108-29)137-74-67(60-123-145(50,51)102(19,20)21)130-95(88(116-37)81(74)138-146(52,53)103(22,23)24)136-73-66(59-122-144(48,49)101(16,17)18)128-93(86(114-35)80(73)109-30)134-71-64(57-120-142(44,45)99(10,11)12)126-91(84(112-33)78(71)107-28)132-69-62(55-118-140(40,41)97(4,5)6)124-89(131-68)82(110-31)76(69)105-26/h61-95H,54-60H2,1-53H3/t61-,62-,63-,64-,65-,66-,67-,68-,69-,70-,71-,72-,73-,74-,75+,76+,77+,78+,79+,80+,81+,82-,83-,84-,85-,86-,87-,88-,89-,90-,91-,92-,93-,94-,95-/m1/s1. The molecule has 0 aliphatic carbocycles. The van der Waals surface area contributed by atoms with Crippen LogP contribution in [0.4, 0.5) is 0 Å². The van der Waals surface area contributed by atoms with Gasteiger partial charge < -0.3 is 163 Å². The Labute approximate surface area is 889 Å². The summed E-state index contributed by atoms with van der Waals surface area (Å²) in [6, 6.07) is 0. The van der Waals surface area contributed by atoms with Gasteiger partial charge in [-0.1, -0.05) is 166 Å². The first-order valence-electron chi connectivity index (χ1n) is 53.1. The third-order valence-corrected chi connectivity index (χ3v) is 71.8. The maximum absolute atomic E-state index is 7.98. The van der Waals surface area contributed by atoms with Gasteiger partial charge in [-0.25, -0.2) is 0 Å². The molecule has 21 rings (SSSR count). The molecular formula is C103H208O35Si8. The van der Waals surface area contributed by atoms with Crippen molar-refractivity contribution in [2.75, 3.05) is 139 Å². The van der Waals surface area contributed by atoms with Crippen LogP contribution >= 0.6 is 0 Å². The summed E-state index contributed by atoms with van der Waals surface area (Å²) in [5, 5.41) is -2.34. The van der Waals surface area contributed by atoms with Crippen LogP contribution in [0.2, 0.25) is 145 Å². The minimum Gasteiger partial charge on any atom is -0.414 e. The maximum atomic E-state index is 7.98. The summed E-state index contributed by atoms with van der Waals surface area (Å²) in [7, 11) is -1.03. The lowest BCUT2D eigenvalue weighted by Crippen LogP contribution is -2.70. The molecule has 21 aliphatic heterocycles. The van der Waals surface area contributed by atoms with Gasteiger partial charge in [-0.15, -0.1) is 0 Å². The Morgan fingerprint density at radius 1 is 0.144 bits per heavy atom. The van der Waals surface area contributed by atoms with E-state index in [-0.39, 0.29) is 81.5 Å². The Morgan fingerprint density at radius 2 is 0.247 bits per heavy atom. The van der Waals surface area contributed by atoms with Crippen molar-refractivity contribution in [3.05, 3.63) is 0 Å². The Balaban J connectivity index is 1.48. The molecule has 0 aromatic heterocycles. The highest BCUT2D eigenvalue weighted by Crippen LogP contribution is 2.51. The van der Waals surface area contributed by atoms with Crippen LogP contribution in [0.3, 0.4) is 0 Å². The van der Waals surface area contributed by atoms with E-state index in [2.05, 4.69) is 271 Å². The lowest BCUT2D eigenvalue weighted by Gasteiger charge is -2.54. The molecule has 21 fully saturated rings. The molecule has 14 bridgehead atoms. The zero-order valence-corrected chi connectivity index (χ0v) is 108. The molecule has 21 aliphatic rings. The Kier molecular flexibility index (Phi) is 46.0. The van der Waals surface area contributed by atoms with E-state index in [1.807, 2.05) is 0 Å². The highest BCUT2D eigenvalue weighted by Gasteiger charge is 2.66. The number of methoxy groups -OCH3 is 13. The summed E-state index contributed by atoms with van der Waals surface area (Å²) in [5.41, 5.74) is 0. The second kappa shape index (κ2) is 51.1. The second-order valence-corrected chi connectivity index (χ2v) is 91.9. The molecule has 0 aromatic rings. The smallest absolute Gasteiger partial charge is 0.192 e. The van der Waals surface area contributed by atoms with Crippen molar-refractivity contribution in [1.29, 1.82) is 0 Å². The normalized spacial score (nSPS) is 36.8. The average molecular weight is 2230 g/mol. The van der Waals surface area contributed by atoms with Gasteiger partial charge in [-0.05, 0) is 145 Å². The molecular weight excluding hydrogens is 2020 g/mol. The van der Waals surface area contributed by atoms with Crippen LogP contribution in [0.5, 0.6) is 0 Å². The van der Waals surface area contributed by atoms with Crippen molar-refractivity contribution in [3.8, 4) is 0 Å². The van der Waals surface area contributed by atoms with E-state index in [0.29, 0.717) is 0 Å². The minimum atomic E-state index is -3.01. The van der Waals surface area contributed by atoms with Crippen LogP contribution < -0.4 is 0 Å². The molecule has 0 aromatic carbocycles. The highest BCUT2D eigenvalue weighted by atomic mass is 28.4. The molecule has 35 nitrogen and oxygen atoms in total. The molecule has 0 radical (unpaired) electrons. The first-order valence-corrected chi connectivity index (χ1v) is 76.3. The van der Waals surface area contributed by atoms with Crippen molar-refractivity contribution in [1.82, 2.24) is 0 Å². The number of hydrogen-bond donors (Lipinski definition) is 0. The van der Waals surface area contributed by atoms with Crippen LogP contribution in [0, 0.1) is 0 Å². The number of ether oxygens (including phenoxy) is 27. The largest absolute Gasteiger partial charge is 0.414 e. The fourth-order valence-electron chi connectivity index (χ4n) is 17.6. The van der Waals surface area contributed by atoms with Crippen LogP contribution in [0.25, 0.3) is 0 Å². The van der Waals surface area contributed by atoms with Gasteiger partial charge in [0.05, 0.1) is 46.2 Å². The predicted octanol–water partition coefficient (Wildman–Crippen LogP) is 17.5. The molecule has 0 N–H and O–H groups in total. The summed E-state index contributed by atoms with van der Waals surface area (Å²) in [5.74, 6) is 0. The molecule has 0 saturated carbocycles. The summed E-state index contributed by atoms with van der Waals surface area (Å²) in [4.78, 5) is 0. The first-order chi connectivity index (χ1) is 66.9. The van der Waals surface area contributed by atoms with E-state index in [0.717, 1.165) is 0 Å². The third kappa shape index (κ3) is 30.2. The van der Waals surface area contributed by atoms with Gasteiger partial charge in [0.25, 0.3) is 0 Å². The predicted molar refractivity (Wildman–Crippen MR) is 579 cm³/mol. The van der Waals surface area contributed by atoms with Crippen LogP contribution in [-0.2, 0) is 163 Å². The molecule has 0 amide bonds. The molecule has 43 heteroatoms. The van der Waals surface area contributed by atoms with Gasteiger partial charge in [-0.2, -0.15) is 0 Å². The Bertz CT molecular complexity index is 3770. The molecule has 146 heavy (non-hydrogen) atoms. The van der Waals surface area contributed by atoms with Crippen LogP contribution in [0.1, 0.15) is 166 Å². The molecule has 21 heterocycles. The SMILES string of the molecule is CO[C@@H]1[C@@H](OC)[C@H]2O[C@H]3[C@H](OC)[C@@H](OC)[C@@H](O[C@H]4[C@H](OC)[C@@H](OC)[C@@H](O[C@H]5[C@H](OC)[C@@H](OC)[C@@H](O[C@H]6[C@H](O[Si](C)(C)C(C)(C)C)[C@@H](OC)[C@@H](O[C@H]7[C@H](OC)[C@@H](OC)[C@@H](O[C@H]8[C@H](OC)[C@@H](OC)[C@@H](O[C@@H]1[C@@H](CO[Si](C)(C)C(C)(C)C)O2)O[C@@H]8CO[Si](C)(C)C(C)(C)C)O[C@@H]7CO[Si](C)(C)C(C)(C)C)O[C@@H]6CO[Si](C)(C)C(C)(C)C)O[C@@H]5CO[Si](C)(C)C(C)(C)C)O[C@@H]4CO[Si](C)(C)C(C)(C)C)O[C@@H]3CO[Si](C)(C)C(C)(C)C. The van der Waals surface area contributed by atoms with E-state index < -0.39 is 287 Å². The highest BCUT2D eigenvalue weighted by molar-refractivity contribution is 6.77. The Hall–Kier alpha value is 0.335. The van der Waals surface area contributed by atoms with Gasteiger partial charge in [0.2, 0.25) is 0 Å².